The molecular weight excluding hydrogens is 272 g/mol. The summed E-state index contributed by atoms with van der Waals surface area (Å²) in [7, 11) is -3.97. The molecule has 1 aromatic rings. The zero-order valence-corrected chi connectivity index (χ0v) is 10.2. The Hall–Kier alpha value is -1.59. The number of aromatic nitrogens is 2. The van der Waals surface area contributed by atoms with Crippen LogP contribution in [0.15, 0.2) is 4.34 Å². The van der Waals surface area contributed by atoms with Crippen LogP contribution in [0.4, 0.5) is 5.13 Å². The molecule has 0 aromatic carbocycles. The van der Waals surface area contributed by atoms with Crippen molar-refractivity contribution in [2.45, 2.75) is 11.3 Å². The van der Waals surface area contributed by atoms with E-state index in [4.69, 9.17) is 5.14 Å². The Morgan fingerprint density at radius 2 is 2.12 bits per heavy atom. The second kappa shape index (κ2) is 5.16. The lowest BCUT2D eigenvalue weighted by molar-refractivity contribution is -0.152. The zero-order chi connectivity index (χ0) is 13.1. The standard InChI is InChI=1S/C6H8N4O5S2/c1-2-15-4(12)3(11)8-5-9-10-6(16-5)17(7,13)14/h2H2,1H3,(H2,7,13,14)(H,8,9,11). The number of esters is 1. The Morgan fingerprint density at radius 3 is 2.59 bits per heavy atom. The molecule has 0 atom stereocenters. The molecule has 0 saturated heterocycles. The summed E-state index contributed by atoms with van der Waals surface area (Å²) in [5.74, 6) is -2.16. The van der Waals surface area contributed by atoms with Gasteiger partial charge in [0.1, 0.15) is 0 Å². The summed E-state index contributed by atoms with van der Waals surface area (Å²) in [6, 6.07) is 0. The average Bonchev–Trinajstić information content (AvgIpc) is 2.66. The van der Waals surface area contributed by atoms with Crippen LogP contribution >= 0.6 is 11.3 Å². The fourth-order valence-corrected chi connectivity index (χ4v) is 2.05. The number of hydrogen-bond donors (Lipinski definition) is 2. The molecule has 0 aliphatic carbocycles. The summed E-state index contributed by atoms with van der Waals surface area (Å²) >= 11 is 0.529. The fourth-order valence-electron chi connectivity index (χ4n) is 0.720. The number of carbonyl (C=O) groups is 2. The predicted octanol–water partition coefficient (Wildman–Crippen LogP) is -1.31. The van der Waals surface area contributed by atoms with Gasteiger partial charge in [-0.2, -0.15) is 0 Å². The minimum atomic E-state index is -3.97. The number of nitrogens with one attached hydrogen (secondary N) is 1. The molecule has 0 aliphatic rings. The maximum atomic E-state index is 11.1. The Bertz CT molecular complexity index is 536. The highest BCUT2D eigenvalue weighted by Crippen LogP contribution is 2.18. The molecule has 0 unspecified atom stereocenters. The molecule has 94 valence electrons. The molecule has 0 spiro atoms. The van der Waals surface area contributed by atoms with Gasteiger partial charge in [0, 0.05) is 0 Å². The monoisotopic (exact) mass is 280 g/mol. The van der Waals surface area contributed by atoms with Crippen molar-refractivity contribution in [3.05, 3.63) is 0 Å². The highest BCUT2D eigenvalue weighted by atomic mass is 32.2. The van der Waals surface area contributed by atoms with Gasteiger partial charge in [-0.15, -0.1) is 10.2 Å². The van der Waals surface area contributed by atoms with Crippen LogP contribution in [-0.2, 0) is 24.3 Å². The molecule has 1 rings (SSSR count). The van der Waals surface area contributed by atoms with Crippen molar-refractivity contribution in [2.24, 2.45) is 5.14 Å². The SMILES string of the molecule is CCOC(=O)C(=O)Nc1nnc(S(N)(=O)=O)s1. The van der Waals surface area contributed by atoms with Crippen molar-refractivity contribution in [1.29, 1.82) is 0 Å². The van der Waals surface area contributed by atoms with Crippen molar-refractivity contribution in [1.82, 2.24) is 10.2 Å². The van der Waals surface area contributed by atoms with Crippen LogP contribution in [-0.4, -0.2) is 37.1 Å². The van der Waals surface area contributed by atoms with Gasteiger partial charge in [0.2, 0.25) is 9.47 Å². The smallest absolute Gasteiger partial charge is 0.397 e. The van der Waals surface area contributed by atoms with E-state index in [1.165, 1.54) is 6.92 Å². The van der Waals surface area contributed by atoms with E-state index in [2.05, 4.69) is 14.9 Å². The van der Waals surface area contributed by atoms with Crippen molar-refractivity contribution >= 4 is 38.4 Å². The van der Waals surface area contributed by atoms with E-state index < -0.39 is 26.2 Å². The number of amides is 1. The summed E-state index contributed by atoms with van der Waals surface area (Å²) in [5.41, 5.74) is 0. The van der Waals surface area contributed by atoms with Crippen LogP contribution in [0.25, 0.3) is 0 Å². The van der Waals surface area contributed by atoms with E-state index in [-0.39, 0.29) is 11.7 Å². The van der Waals surface area contributed by atoms with E-state index in [0.717, 1.165) is 0 Å². The van der Waals surface area contributed by atoms with E-state index in [1.807, 2.05) is 5.32 Å². The normalized spacial score (nSPS) is 10.9. The van der Waals surface area contributed by atoms with Gasteiger partial charge in [0.05, 0.1) is 6.61 Å². The molecule has 0 fully saturated rings. The molecule has 3 N–H and O–H groups in total. The molecule has 0 aliphatic heterocycles. The molecule has 1 aromatic heterocycles. The molecule has 1 amide bonds. The second-order valence-electron chi connectivity index (χ2n) is 2.59. The van der Waals surface area contributed by atoms with Crippen molar-refractivity contribution in [3.63, 3.8) is 0 Å². The maximum Gasteiger partial charge on any atom is 0.397 e. The number of nitrogens with zero attached hydrogens (tertiary/aromatic N) is 2. The van der Waals surface area contributed by atoms with Gasteiger partial charge in [-0.25, -0.2) is 18.4 Å². The summed E-state index contributed by atoms with van der Waals surface area (Å²) in [5, 5.41) is 13.2. The summed E-state index contributed by atoms with van der Waals surface area (Å²) in [6.07, 6.45) is 0. The van der Waals surface area contributed by atoms with Gasteiger partial charge in [-0.3, -0.25) is 10.1 Å². The third-order valence-corrected chi connectivity index (χ3v) is 3.48. The first-order valence-corrected chi connectivity index (χ1v) is 6.55. The van der Waals surface area contributed by atoms with Crippen LogP contribution in [0.2, 0.25) is 0 Å². The van der Waals surface area contributed by atoms with E-state index in [9.17, 15) is 18.0 Å². The maximum absolute atomic E-state index is 11.1. The molecule has 9 nitrogen and oxygen atoms in total. The third kappa shape index (κ3) is 3.72. The first-order chi connectivity index (χ1) is 7.84. The number of ether oxygens (including phenoxy) is 1. The first kappa shape index (κ1) is 13.5. The van der Waals surface area contributed by atoms with E-state index in [1.54, 1.807) is 0 Å². The van der Waals surface area contributed by atoms with Gasteiger partial charge >= 0.3 is 11.9 Å². The minimum Gasteiger partial charge on any atom is -0.459 e. The van der Waals surface area contributed by atoms with Crippen molar-refractivity contribution in [2.75, 3.05) is 11.9 Å². The van der Waals surface area contributed by atoms with E-state index >= 15 is 0 Å². The van der Waals surface area contributed by atoms with Gasteiger partial charge < -0.3 is 4.74 Å². The molecule has 1 heterocycles. The van der Waals surface area contributed by atoms with Crippen molar-refractivity contribution in [3.8, 4) is 0 Å². The number of carbonyl (C=O) groups excluding carboxylic acids is 2. The third-order valence-electron chi connectivity index (χ3n) is 1.33. The molecule has 0 radical (unpaired) electrons. The molecule has 11 heteroatoms. The Labute approximate surface area is 100 Å². The van der Waals surface area contributed by atoms with Crippen LogP contribution in [0, 0.1) is 0 Å². The summed E-state index contributed by atoms with van der Waals surface area (Å²) in [4.78, 5) is 22.1. The Morgan fingerprint density at radius 1 is 1.47 bits per heavy atom. The lowest BCUT2D eigenvalue weighted by atomic mass is 10.6. The number of primary sulfonamides is 1. The number of nitrogens with two attached hydrogens (primary N) is 1. The summed E-state index contributed by atoms with van der Waals surface area (Å²) < 4.78 is 25.7. The topological polar surface area (TPSA) is 141 Å². The highest BCUT2D eigenvalue weighted by molar-refractivity contribution is 7.91. The number of hydrogen-bond acceptors (Lipinski definition) is 8. The predicted molar refractivity (Wildman–Crippen MR) is 56.5 cm³/mol. The molecule has 0 saturated carbocycles. The fraction of sp³-hybridized carbons (Fsp3) is 0.333. The largest absolute Gasteiger partial charge is 0.459 e. The number of sulfonamides is 1. The first-order valence-electron chi connectivity index (χ1n) is 4.19. The Balaban J connectivity index is 2.74. The molecule has 17 heavy (non-hydrogen) atoms. The highest BCUT2D eigenvalue weighted by Gasteiger charge is 2.20. The van der Waals surface area contributed by atoms with Gasteiger partial charge in [-0.05, 0) is 6.92 Å². The molecule has 0 bridgehead atoms. The number of rotatable bonds is 3. The average molecular weight is 280 g/mol. The minimum absolute atomic E-state index is 0.0464. The van der Waals surface area contributed by atoms with Crippen LogP contribution in [0.3, 0.4) is 0 Å². The quantitative estimate of drug-likeness (QED) is 0.397. The lowest BCUT2D eigenvalue weighted by Crippen LogP contribution is -2.24. The summed E-state index contributed by atoms with van der Waals surface area (Å²) in [6.45, 7) is 1.58. The zero-order valence-electron chi connectivity index (χ0n) is 8.54. The van der Waals surface area contributed by atoms with Crippen LogP contribution < -0.4 is 10.5 Å². The Kier molecular flexibility index (Phi) is 4.09. The van der Waals surface area contributed by atoms with Gasteiger partial charge in [0.15, 0.2) is 0 Å². The van der Waals surface area contributed by atoms with Crippen LogP contribution in [0.1, 0.15) is 6.92 Å². The van der Waals surface area contributed by atoms with E-state index in [0.29, 0.717) is 11.3 Å². The van der Waals surface area contributed by atoms with Gasteiger partial charge in [0.25, 0.3) is 10.0 Å². The van der Waals surface area contributed by atoms with Crippen LogP contribution in [0.5, 0.6) is 0 Å². The molecular formula is C6H8N4O5S2. The van der Waals surface area contributed by atoms with Crippen molar-refractivity contribution < 1.29 is 22.7 Å². The number of anilines is 1. The van der Waals surface area contributed by atoms with Gasteiger partial charge in [-0.1, -0.05) is 11.3 Å². The lowest BCUT2D eigenvalue weighted by Gasteiger charge is -1.99. The second-order valence-corrected chi connectivity index (χ2v) is 5.31.